The molecule has 0 radical (unpaired) electrons. The van der Waals surface area contributed by atoms with Gasteiger partial charge in [0.15, 0.2) is 5.72 Å². The molecule has 0 fully saturated rings. The van der Waals surface area contributed by atoms with E-state index in [0.717, 1.165) is 11.3 Å². The molecule has 1 atom stereocenters. The standard InChI is InChI=1S/C20H24N2O/c1-14-8-6-7-9-17(14)18-19(23-20(2,3)21-18)15-10-12-16(13-11-15)22(4)5/h6-13,19H,1-5H3. The lowest BCUT2D eigenvalue weighted by molar-refractivity contribution is -0.0160. The molecule has 1 aliphatic heterocycles. The number of anilines is 1. The topological polar surface area (TPSA) is 24.8 Å². The van der Waals surface area contributed by atoms with E-state index in [1.165, 1.54) is 16.8 Å². The van der Waals surface area contributed by atoms with Crippen LogP contribution in [0.4, 0.5) is 5.69 Å². The summed E-state index contributed by atoms with van der Waals surface area (Å²) in [5.41, 5.74) is 5.24. The summed E-state index contributed by atoms with van der Waals surface area (Å²) in [5.74, 6) is 0. The van der Waals surface area contributed by atoms with Gasteiger partial charge in [-0.1, -0.05) is 36.4 Å². The van der Waals surface area contributed by atoms with Crippen molar-refractivity contribution in [3.8, 4) is 0 Å². The van der Waals surface area contributed by atoms with Crippen molar-refractivity contribution in [2.45, 2.75) is 32.6 Å². The molecular weight excluding hydrogens is 284 g/mol. The number of aliphatic imine (C=N–C) groups is 1. The van der Waals surface area contributed by atoms with E-state index in [2.05, 4.69) is 60.4 Å². The number of rotatable bonds is 3. The van der Waals surface area contributed by atoms with Crippen LogP contribution < -0.4 is 4.90 Å². The predicted molar refractivity (Wildman–Crippen MR) is 96.4 cm³/mol. The predicted octanol–water partition coefficient (Wildman–Crippen LogP) is 4.36. The first-order chi connectivity index (χ1) is 10.9. The maximum atomic E-state index is 6.24. The molecule has 0 N–H and O–H groups in total. The Morgan fingerprint density at radius 1 is 1.00 bits per heavy atom. The van der Waals surface area contributed by atoms with Gasteiger partial charge in [0, 0.05) is 25.3 Å². The molecule has 120 valence electrons. The number of hydrogen-bond donors (Lipinski definition) is 0. The first-order valence-corrected chi connectivity index (χ1v) is 7.98. The third-order valence-electron chi connectivity index (χ3n) is 4.18. The van der Waals surface area contributed by atoms with Crippen molar-refractivity contribution in [2.75, 3.05) is 19.0 Å². The minimum atomic E-state index is -0.498. The third kappa shape index (κ3) is 3.15. The highest BCUT2D eigenvalue weighted by molar-refractivity contribution is 6.06. The second-order valence-electron chi connectivity index (χ2n) is 6.74. The van der Waals surface area contributed by atoms with Crippen molar-refractivity contribution in [3.05, 3.63) is 65.2 Å². The van der Waals surface area contributed by atoms with E-state index in [4.69, 9.17) is 9.73 Å². The fourth-order valence-corrected chi connectivity index (χ4v) is 2.95. The molecule has 1 heterocycles. The van der Waals surface area contributed by atoms with Crippen LogP contribution in [0.1, 0.15) is 36.6 Å². The van der Waals surface area contributed by atoms with Crippen LogP contribution in [0.5, 0.6) is 0 Å². The van der Waals surface area contributed by atoms with Crippen molar-refractivity contribution >= 4 is 11.4 Å². The number of benzene rings is 2. The van der Waals surface area contributed by atoms with Gasteiger partial charge >= 0.3 is 0 Å². The highest BCUT2D eigenvalue weighted by Crippen LogP contribution is 2.37. The minimum absolute atomic E-state index is 0.123. The molecular formula is C20H24N2O. The maximum Gasteiger partial charge on any atom is 0.155 e. The molecule has 0 aliphatic carbocycles. The zero-order valence-electron chi connectivity index (χ0n) is 14.5. The average molecular weight is 308 g/mol. The summed E-state index contributed by atoms with van der Waals surface area (Å²) in [5, 5.41) is 0. The van der Waals surface area contributed by atoms with Crippen LogP contribution in [0.3, 0.4) is 0 Å². The molecule has 1 aliphatic rings. The second kappa shape index (κ2) is 5.82. The molecule has 23 heavy (non-hydrogen) atoms. The summed E-state index contributed by atoms with van der Waals surface area (Å²) in [6, 6.07) is 16.9. The lowest BCUT2D eigenvalue weighted by Crippen LogP contribution is -2.18. The van der Waals surface area contributed by atoms with Gasteiger partial charge in [-0.3, -0.25) is 4.99 Å². The van der Waals surface area contributed by atoms with Crippen LogP contribution in [-0.2, 0) is 4.74 Å². The first-order valence-electron chi connectivity index (χ1n) is 7.98. The van der Waals surface area contributed by atoms with Crippen LogP contribution in [-0.4, -0.2) is 25.5 Å². The van der Waals surface area contributed by atoms with Crippen molar-refractivity contribution in [3.63, 3.8) is 0 Å². The van der Waals surface area contributed by atoms with Crippen LogP contribution in [0.2, 0.25) is 0 Å². The maximum absolute atomic E-state index is 6.24. The molecule has 2 aromatic rings. The summed E-state index contributed by atoms with van der Waals surface area (Å²) < 4.78 is 6.24. The van der Waals surface area contributed by atoms with Crippen molar-refractivity contribution in [1.29, 1.82) is 0 Å². The molecule has 3 heteroatoms. The van der Waals surface area contributed by atoms with Crippen LogP contribution in [0, 0.1) is 6.92 Å². The van der Waals surface area contributed by atoms with Gasteiger partial charge < -0.3 is 9.64 Å². The first kappa shape index (κ1) is 15.8. The number of ether oxygens (including phenoxy) is 1. The van der Waals surface area contributed by atoms with Gasteiger partial charge in [-0.25, -0.2) is 0 Å². The molecule has 3 nitrogen and oxygen atoms in total. The minimum Gasteiger partial charge on any atom is -0.378 e. The Hall–Kier alpha value is -2.13. The Balaban J connectivity index is 2.01. The Morgan fingerprint density at radius 3 is 2.26 bits per heavy atom. The summed E-state index contributed by atoms with van der Waals surface area (Å²) >= 11 is 0. The van der Waals surface area contributed by atoms with Crippen LogP contribution in [0.25, 0.3) is 0 Å². The fraction of sp³-hybridized carbons (Fsp3) is 0.350. The molecule has 0 aromatic heterocycles. The number of nitrogens with zero attached hydrogens (tertiary/aromatic N) is 2. The molecule has 0 spiro atoms. The van der Waals surface area contributed by atoms with Gasteiger partial charge in [0.05, 0.1) is 5.71 Å². The van der Waals surface area contributed by atoms with Crippen molar-refractivity contribution in [2.24, 2.45) is 4.99 Å². The van der Waals surface area contributed by atoms with Gasteiger partial charge in [0.1, 0.15) is 6.10 Å². The molecule has 3 rings (SSSR count). The van der Waals surface area contributed by atoms with E-state index < -0.39 is 5.72 Å². The molecule has 0 amide bonds. The van der Waals surface area contributed by atoms with Crippen LogP contribution in [0.15, 0.2) is 53.5 Å². The van der Waals surface area contributed by atoms with E-state index in [-0.39, 0.29) is 6.10 Å². The number of hydrogen-bond acceptors (Lipinski definition) is 3. The molecule has 0 bridgehead atoms. The van der Waals surface area contributed by atoms with Gasteiger partial charge in [0.2, 0.25) is 0 Å². The van der Waals surface area contributed by atoms with Gasteiger partial charge in [-0.15, -0.1) is 0 Å². The quantitative estimate of drug-likeness (QED) is 0.841. The Labute approximate surface area is 138 Å². The smallest absolute Gasteiger partial charge is 0.155 e. The van der Waals surface area contributed by atoms with Gasteiger partial charge in [-0.2, -0.15) is 0 Å². The highest BCUT2D eigenvalue weighted by atomic mass is 16.5. The Morgan fingerprint density at radius 2 is 1.65 bits per heavy atom. The third-order valence-corrected chi connectivity index (χ3v) is 4.18. The zero-order chi connectivity index (χ0) is 16.6. The Bertz CT molecular complexity index is 730. The summed E-state index contributed by atoms with van der Waals surface area (Å²) in [4.78, 5) is 6.95. The molecule has 0 saturated carbocycles. The summed E-state index contributed by atoms with van der Waals surface area (Å²) in [6.45, 7) is 6.15. The van der Waals surface area contributed by atoms with Gasteiger partial charge in [0.25, 0.3) is 0 Å². The zero-order valence-corrected chi connectivity index (χ0v) is 14.5. The van der Waals surface area contributed by atoms with E-state index in [9.17, 15) is 0 Å². The van der Waals surface area contributed by atoms with E-state index in [1.54, 1.807) is 0 Å². The van der Waals surface area contributed by atoms with Crippen LogP contribution >= 0.6 is 0 Å². The Kier molecular flexibility index (Phi) is 3.99. The normalized spacial score (nSPS) is 19.5. The highest BCUT2D eigenvalue weighted by Gasteiger charge is 2.36. The molecule has 2 aromatic carbocycles. The summed E-state index contributed by atoms with van der Waals surface area (Å²) in [6.07, 6.45) is -0.123. The SMILES string of the molecule is Cc1ccccc1C1=NC(C)(C)OC1c1ccc(N(C)C)cc1. The number of aryl methyl sites for hydroxylation is 1. The second-order valence-corrected chi connectivity index (χ2v) is 6.74. The van der Waals surface area contributed by atoms with Crippen molar-refractivity contribution < 1.29 is 4.74 Å². The average Bonchev–Trinajstić information content (AvgIpc) is 2.83. The van der Waals surface area contributed by atoms with E-state index >= 15 is 0 Å². The lowest BCUT2D eigenvalue weighted by Gasteiger charge is -2.20. The summed E-state index contributed by atoms with van der Waals surface area (Å²) in [7, 11) is 4.09. The molecule has 1 unspecified atom stereocenters. The van der Waals surface area contributed by atoms with E-state index in [0.29, 0.717) is 0 Å². The van der Waals surface area contributed by atoms with E-state index in [1.807, 2.05) is 27.9 Å². The lowest BCUT2D eigenvalue weighted by atomic mass is 9.96. The fourth-order valence-electron chi connectivity index (χ4n) is 2.95. The largest absolute Gasteiger partial charge is 0.378 e. The monoisotopic (exact) mass is 308 g/mol. The molecule has 0 saturated heterocycles. The van der Waals surface area contributed by atoms with Gasteiger partial charge in [-0.05, 0) is 44.0 Å². The van der Waals surface area contributed by atoms with Crippen molar-refractivity contribution in [1.82, 2.24) is 0 Å².